The molecule has 1 N–H and O–H groups in total. The van der Waals surface area contributed by atoms with Crippen LogP contribution >= 0.6 is 0 Å². The quantitative estimate of drug-likeness (QED) is 0.606. The number of nitrogens with one attached hydrogen (secondary N) is 1. The van der Waals surface area contributed by atoms with Gasteiger partial charge in [-0.25, -0.2) is 4.98 Å². The molecule has 0 spiro atoms. The van der Waals surface area contributed by atoms with Crippen LogP contribution in [0.5, 0.6) is 5.75 Å². The lowest BCUT2D eigenvalue weighted by Gasteiger charge is -2.24. The van der Waals surface area contributed by atoms with Gasteiger partial charge in [0.25, 0.3) is 0 Å². The van der Waals surface area contributed by atoms with E-state index in [1.165, 1.54) is 6.92 Å². The van der Waals surface area contributed by atoms with Crippen LogP contribution in [0.1, 0.15) is 42.1 Å². The molecular weight excluding hydrogens is 428 g/mol. The Hall–Kier alpha value is -4.02. The third-order valence-electron chi connectivity index (χ3n) is 6.06. The number of nitrogens with zero attached hydrogens (tertiary/aromatic N) is 3. The fourth-order valence-corrected chi connectivity index (χ4v) is 4.36. The van der Waals surface area contributed by atoms with Crippen molar-refractivity contribution in [2.45, 2.75) is 32.3 Å². The van der Waals surface area contributed by atoms with Crippen molar-refractivity contribution in [3.05, 3.63) is 71.2 Å². The van der Waals surface area contributed by atoms with Gasteiger partial charge in [-0.05, 0) is 58.7 Å². The minimum Gasteiger partial charge on any atom is -0.489 e. The van der Waals surface area contributed by atoms with Crippen LogP contribution in [0.2, 0.25) is 0 Å². The summed E-state index contributed by atoms with van der Waals surface area (Å²) in [6, 6.07) is 13.8. The molecule has 1 saturated heterocycles. The number of carbonyl (C=O) groups excluding carboxylic acids is 1. The summed E-state index contributed by atoms with van der Waals surface area (Å²) in [5.41, 5.74) is 6.62. The number of rotatable bonds is 5. The Bertz CT molecular complexity index is 1300. The first kappa shape index (κ1) is 21.8. The Kier molecular flexibility index (Phi) is 6.07. The molecule has 0 unspecified atom stereocenters. The Morgan fingerprint density at radius 3 is 2.71 bits per heavy atom. The molecule has 0 bridgehead atoms. The van der Waals surface area contributed by atoms with Crippen molar-refractivity contribution in [2.24, 2.45) is 0 Å². The van der Waals surface area contributed by atoms with E-state index in [1.54, 1.807) is 12.3 Å². The highest BCUT2D eigenvalue weighted by atomic mass is 16.5. The molecule has 3 heterocycles. The number of carbonyl (C=O) groups is 1. The highest BCUT2D eigenvalue weighted by Gasteiger charge is 2.21. The number of hydrogen-bond donors (Lipinski definition) is 1. The van der Waals surface area contributed by atoms with Gasteiger partial charge in [-0.2, -0.15) is 5.26 Å². The highest BCUT2D eigenvalue weighted by molar-refractivity contribution is 5.93. The molecule has 5 rings (SSSR count). The number of amides is 1. The van der Waals surface area contributed by atoms with E-state index in [1.807, 2.05) is 36.5 Å². The van der Waals surface area contributed by atoms with Gasteiger partial charge in [0.2, 0.25) is 5.91 Å². The molecule has 34 heavy (non-hydrogen) atoms. The Morgan fingerprint density at radius 2 is 1.97 bits per heavy atom. The van der Waals surface area contributed by atoms with Gasteiger partial charge in [-0.15, -0.1) is 0 Å². The maximum atomic E-state index is 11.2. The van der Waals surface area contributed by atoms with Gasteiger partial charge in [0.05, 0.1) is 24.5 Å². The van der Waals surface area contributed by atoms with Crippen molar-refractivity contribution < 1.29 is 14.3 Å². The molecule has 7 nitrogen and oxygen atoms in total. The molecule has 1 aliphatic carbocycles. The summed E-state index contributed by atoms with van der Waals surface area (Å²) in [6.07, 6.45) is 8.14. The van der Waals surface area contributed by atoms with Crippen molar-refractivity contribution in [3.8, 4) is 22.9 Å². The number of fused-ring (bicyclic) bond motifs is 1. The van der Waals surface area contributed by atoms with E-state index in [0.29, 0.717) is 36.8 Å². The molecule has 7 heteroatoms. The van der Waals surface area contributed by atoms with E-state index in [4.69, 9.17) is 9.47 Å². The average molecular weight is 453 g/mol. The Morgan fingerprint density at radius 1 is 1.15 bits per heavy atom. The summed E-state index contributed by atoms with van der Waals surface area (Å²) in [5, 5.41) is 12.5. The largest absolute Gasteiger partial charge is 0.489 e. The fraction of sp³-hybridized carbons (Fsp3) is 0.259. The molecule has 0 saturated carbocycles. The molecule has 2 aliphatic rings. The SMILES string of the molecule is CC(=O)Nc1ccc(C2=Cc3c(-c4ccc(OC5CCOCC5)c(C#N)c4)ccnc3C2)cn1. The number of pyridine rings is 2. The van der Waals surface area contributed by atoms with Gasteiger partial charge >= 0.3 is 0 Å². The second-order valence-electron chi connectivity index (χ2n) is 8.43. The zero-order valence-corrected chi connectivity index (χ0v) is 18.9. The van der Waals surface area contributed by atoms with Crippen LogP contribution < -0.4 is 10.1 Å². The number of aromatic nitrogens is 2. The molecule has 1 fully saturated rings. The lowest BCUT2D eigenvalue weighted by atomic mass is 9.98. The number of ether oxygens (including phenoxy) is 2. The Balaban J connectivity index is 1.42. The number of nitriles is 1. The highest BCUT2D eigenvalue weighted by Crippen LogP contribution is 2.37. The Labute approximate surface area is 198 Å². The van der Waals surface area contributed by atoms with Crippen LogP contribution in [0, 0.1) is 11.3 Å². The minimum absolute atomic E-state index is 0.0769. The monoisotopic (exact) mass is 452 g/mol. The molecule has 2 aromatic heterocycles. The molecule has 1 aromatic carbocycles. The van der Waals surface area contributed by atoms with Crippen molar-refractivity contribution in [2.75, 3.05) is 18.5 Å². The van der Waals surface area contributed by atoms with Crippen LogP contribution in [0.25, 0.3) is 22.8 Å². The standard InChI is InChI=1S/C27H24N4O3/c1-17(32)31-27-5-3-19(16-30-27)20-13-24-23(6-9-29-25(24)14-20)18-2-4-26(21(12-18)15-28)34-22-7-10-33-11-8-22/h2-6,9,12-13,16,22H,7-8,10-11,14H2,1H3,(H,30,31,32). The maximum absolute atomic E-state index is 11.2. The van der Waals surface area contributed by atoms with Crippen LogP contribution in [-0.2, 0) is 16.0 Å². The molecule has 1 aliphatic heterocycles. The lowest BCUT2D eigenvalue weighted by molar-refractivity contribution is -0.114. The van der Waals surface area contributed by atoms with Crippen molar-refractivity contribution >= 4 is 23.4 Å². The summed E-state index contributed by atoms with van der Waals surface area (Å²) in [5.74, 6) is 0.992. The van der Waals surface area contributed by atoms with E-state index in [9.17, 15) is 10.1 Å². The first-order valence-electron chi connectivity index (χ1n) is 11.3. The molecular formula is C27H24N4O3. The van der Waals surface area contributed by atoms with Crippen LogP contribution in [0.3, 0.4) is 0 Å². The molecule has 0 atom stereocenters. The average Bonchev–Trinajstić information content (AvgIpc) is 3.30. The predicted molar refractivity (Wildman–Crippen MR) is 129 cm³/mol. The van der Waals surface area contributed by atoms with Crippen molar-refractivity contribution in [3.63, 3.8) is 0 Å². The van der Waals surface area contributed by atoms with Crippen molar-refractivity contribution in [1.29, 1.82) is 5.26 Å². The fourth-order valence-electron chi connectivity index (χ4n) is 4.36. The summed E-state index contributed by atoms with van der Waals surface area (Å²) in [4.78, 5) is 20.2. The molecule has 170 valence electrons. The second-order valence-corrected chi connectivity index (χ2v) is 8.43. The lowest BCUT2D eigenvalue weighted by Crippen LogP contribution is -2.26. The van der Waals surface area contributed by atoms with E-state index in [2.05, 4.69) is 27.4 Å². The second kappa shape index (κ2) is 9.46. The van der Waals surface area contributed by atoms with Gasteiger partial charge in [0.1, 0.15) is 23.7 Å². The zero-order valence-electron chi connectivity index (χ0n) is 18.9. The number of anilines is 1. The van der Waals surface area contributed by atoms with Gasteiger partial charge < -0.3 is 14.8 Å². The van der Waals surface area contributed by atoms with Crippen LogP contribution in [0.15, 0.2) is 48.8 Å². The van der Waals surface area contributed by atoms with E-state index >= 15 is 0 Å². The first-order valence-corrected chi connectivity index (χ1v) is 11.3. The van der Waals surface area contributed by atoms with Gasteiger partial charge in [-0.3, -0.25) is 9.78 Å². The summed E-state index contributed by atoms with van der Waals surface area (Å²) in [6.45, 7) is 2.84. The third-order valence-corrected chi connectivity index (χ3v) is 6.06. The number of allylic oxidation sites excluding steroid dienone is 1. The van der Waals surface area contributed by atoms with Crippen molar-refractivity contribution in [1.82, 2.24) is 9.97 Å². The molecule has 3 aromatic rings. The minimum atomic E-state index is -0.150. The van der Waals surface area contributed by atoms with Gasteiger partial charge in [0, 0.05) is 44.1 Å². The molecule has 0 radical (unpaired) electrons. The first-order chi connectivity index (χ1) is 16.6. The van der Waals surface area contributed by atoms with Gasteiger partial charge in [-0.1, -0.05) is 6.07 Å². The predicted octanol–water partition coefficient (Wildman–Crippen LogP) is 4.63. The zero-order chi connectivity index (χ0) is 23.5. The number of benzene rings is 1. The summed E-state index contributed by atoms with van der Waals surface area (Å²) in [7, 11) is 0. The maximum Gasteiger partial charge on any atom is 0.222 e. The van der Waals surface area contributed by atoms with Gasteiger partial charge in [0.15, 0.2) is 0 Å². The van der Waals surface area contributed by atoms with Crippen LogP contribution in [0.4, 0.5) is 5.82 Å². The van der Waals surface area contributed by atoms with E-state index < -0.39 is 0 Å². The van der Waals surface area contributed by atoms with E-state index in [-0.39, 0.29) is 12.0 Å². The van der Waals surface area contributed by atoms with Crippen LogP contribution in [-0.4, -0.2) is 35.2 Å². The third kappa shape index (κ3) is 4.54. The smallest absolute Gasteiger partial charge is 0.222 e. The van der Waals surface area contributed by atoms with E-state index in [0.717, 1.165) is 46.4 Å². The normalized spacial score (nSPS) is 15.2. The number of hydrogen-bond acceptors (Lipinski definition) is 6. The molecule has 1 amide bonds. The summed E-state index contributed by atoms with van der Waals surface area (Å²) < 4.78 is 11.5. The topological polar surface area (TPSA) is 97.1 Å². The summed E-state index contributed by atoms with van der Waals surface area (Å²) >= 11 is 0.